The lowest BCUT2D eigenvalue weighted by atomic mass is 10.0. The summed E-state index contributed by atoms with van der Waals surface area (Å²) in [6.45, 7) is 13.8. The first-order valence-electron chi connectivity index (χ1n) is 9.82. The highest BCUT2D eigenvalue weighted by Gasteiger charge is 2.31. The van der Waals surface area contributed by atoms with E-state index in [1.54, 1.807) is 0 Å². The Kier molecular flexibility index (Phi) is 13.5. The summed E-state index contributed by atoms with van der Waals surface area (Å²) >= 11 is 0. The van der Waals surface area contributed by atoms with Crippen LogP contribution < -0.4 is 0 Å². The van der Waals surface area contributed by atoms with Gasteiger partial charge in [-0.25, -0.2) is 0 Å². The molecule has 0 saturated heterocycles. The van der Waals surface area contributed by atoms with Crippen molar-refractivity contribution in [1.82, 2.24) is 0 Å². The molecule has 0 radical (unpaired) electrons. The highest BCUT2D eigenvalue weighted by Crippen LogP contribution is 2.53. The van der Waals surface area contributed by atoms with Gasteiger partial charge in [0, 0.05) is 0 Å². The van der Waals surface area contributed by atoms with Crippen LogP contribution in [0.15, 0.2) is 0 Å². The molecule has 0 aliphatic rings. The van der Waals surface area contributed by atoms with Crippen molar-refractivity contribution in [2.24, 2.45) is 11.8 Å². The van der Waals surface area contributed by atoms with E-state index in [1.807, 2.05) is 13.8 Å². The van der Waals surface area contributed by atoms with Crippen molar-refractivity contribution in [3.63, 3.8) is 0 Å². The zero-order valence-corrected chi connectivity index (χ0v) is 17.4. The summed E-state index contributed by atoms with van der Waals surface area (Å²) in [5.74, 6) is 0.986. The molecule has 140 valence electrons. The molecule has 0 aromatic rings. The zero-order chi connectivity index (χ0) is 17.7. The average Bonchev–Trinajstić information content (AvgIpc) is 2.55. The Morgan fingerprint density at radius 3 is 1.43 bits per heavy atom. The Morgan fingerprint density at radius 1 is 0.783 bits per heavy atom. The van der Waals surface area contributed by atoms with Gasteiger partial charge in [-0.05, 0) is 24.7 Å². The molecule has 0 saturated carbocycles. The van der Waals surface area contributed by atoms with Gasteiger partial charge in [0.25, 0.3) is 0 Å². The van der Waals surface area contributed by atoms with Crippen molar-refractivity contribution in [2.75, 3.05) is 13.2 Å². The minimum absolute atomic E-state index is 0.0742. The van der Waals surface area contributed by atoms with Crippen LogP contribution in [0.4, 0.5) is 0 Å². The van der Waals surface area contributed by atoms with E-state index in [2.05, 4.69) is 27.7 Å². The Balaban J connectivity index is 4.51. The van der Waals surface area contributed by atoms with Gasteiger partial charge in [0.2, 0.25) is 0 Å². The molecule has 0 rings (SSSR count). The van der Waals surface area contributed by atoms with Crippen LogP contribution >= 0.6 is 7.60 Å². The molecule has 0 aliphatic heterocycles. The van der Waals surface area contributed by atoms with Gasteiger partial charge in [0.15, 0.2) is 0 Å². The van der Waals surface area contributed by atoms with Crippen LogP contribution in [0.5, 0.6) is 0 Å². The molecule has 0 fully saturated rings. The minimum Gasteiger partial charge on any atom is -0.308 e. The second-order valence-electron chi connectivity index (χ2n) is 7.06. The molecule has 23 heavy (non-hydrogen) atoms. The molecule has 4 heteroatoms. The van der Waals surface area contributed by atoms with Gasteiger partial charge >= 0.3 is 7.60 Å². The molecule has 0 heterocycles. The molecule has 2 unspecified atom stereocenters. The maximum atomic E-state index is 13.1. The van der Waals surface area contributed by atoms with Gasteiger partial charge < -0.3 is 9.05 Å². The summed E-state index contributed by atoms with van der Waals surface area (Å²) in [6.07, 6.45) is 9.28. The van der Waals surface area contributed by atoms with Crippen LogP contribution in [0.25, 0.3) is 0 Å². The van der Waals surface area contributed by atoms with Crippen molar-refractivity contribution in [3.8, 4) is 0 Å². The van der Waals surface area contributed by atoms with E-state index in [-0.39, 0.29) is 5.66 Å². The topological polar surface area (TPSA) is 35.5 Å². The Bertz CT molecular complexity index is 294. The summed E-state index contributed by atoms with van der Waals surface area (Å²) < 4.78 is 24.8. The first-order valence-corrected chi connectivity index (χ1v) is 11.4. The molecule has 3 nitrogen and oxygen atoms in total. The average molecular weight is 349 g/mol. The highest BCUT2D eigenvalue weighted by molar-refractivity contribution is 7.54. The van der Waals surface area contributed by atoms with Crippen LogP contribution in [0.3, 0.4) is 0 Å². The van der Waals surface area contributed by atoms with Gasteiger partial charge in [0.1, 0.15) is 0 Å². The molecule has 0 N–H and O–H groups in total. The standard InChI is InChI=1S/C19H41O3P/c1-7-11-13-18(9-3)15-21-23(20,17(5)6)22-16-19(10-4)14-12-8-2/h17-19H,7-16H2,1-6H3. The zero-order valence-electron chi connectivity index (χ0n) is 16.5. The van der Waals surface area contributed by atoms with Gasteiger partial charge in [-0.15, -0.1) is 0 Å². The molecule has 0 aliphatic carbocycles. The normalized spacial score (nSPS) is 17.2. The monoisotopic (exact) mass is 348 g/mol. The molecule has 0 spiro atoms. The lowest BCUT2D eigenvalue weighted by Crippen LogP contribution is -2.16. The fraction of sp³-hybridized carbons (Fsp3) is 1.00. The Morgan fingerprint density at radius 2 is 1.17 bits per heavy atom. The second-order valence-corrected chi connectivity index (χ2v) is 9.69. The summed E-state index contributed by atoms with van der Waals surface area (Å²) in [4.78, 5) is 0. The van der Waals surface area contributed by atoms with Crippen molar-refractivity contribution in [2.45, 2.75) is 98.6 Å². The number of hydrogen-bond donors (Lipinski definition) is 0. The predicted octanol–water partition coefficient (Wildman–Crippen LogP) is 7.05. The number of rotatable bonds is 15. The van der Waals surface area contributed by atoms with E-state index in [9.17, 15) is 4.57 Å². The van der Waals surface area contributed by atoms with Crippen LogP contribution in [0.2, 0.25) is 0 Å². The van der Waals surface area contributed by atoms with E-state index in [4.69, 9.17) is 9.05 Å². The van der Waals surface area contributed by atoms with E-state index >= 15 is 0 Å². The summed E-state index contributed by atoms with van der Waals surface area (Å²) in [7, 11) is -2.99. The van der Waals surface area contributed by atoms with Crippen molar-refractivity contribution in [1.29, 1.82) is 0 Å². The predicted molar refractivity (Wildman–Crippen MR) is 101 cm³/mol. The van der Waals surface area contributed by atoms with Crippen LogP contribution in [-0.4, -0.2) is 18.9 Å². The first-order chi connectivity index (χ1) is 10.9. The first kappa shape index (κ1) is 23.1. The van der Waals surface area contributed by atoms with Crippen LogP contribution in [-0.2, 0) is 13.6 Å². The van der Waals surface area contributed by atoms with E-state index in [1.165, 1.54) is 25.7 Å². The number of hydrogen-bond acceptors (Lipinski definition) is 3. The fourth-order valence-electron chi connectivity index (χ4n) is 2.55. The van der Waals surface area contributed by atoms with Crippen LogP contribution in [0.1, 0.15) is 92.9 Å². The molecule has 0 aromatic carbocycles. The SMILES string of the molecule is CCCCC(CC)COP(=O)(OCC(CC)CCCC)C(C)C. The quantitative estimate of drug-likeness (QED) is 0.297. The van der Waals surface area contributed by atoms with E-state index < -0.39 is 7.60 Å². The molecule has 0 amide bonds. The second kappa shape index (κ2) is 13.4. The molecular formula is C19H41O3P. The highest BCUT2D eigenvalue weighted by atomic mass is 31.2. The van der Waals surface area contributed by atoms with Gasteiger partial charge in [0.05, 0.1) is 18.9 Å². The minimum atomic E-state index is -2.99. The number of unbranched alkanes of at least 4 members (excludes halogenated alkanes) is 2. The molecular weight excluding hydrogens is 307 g/mol. The Labute approximate surface area is 145 Å². The summed E-state index contributed by atoms with van der Waals surface area (Å²) in [5.41, 5.74) is -0.0742. The Hall–Kier alpha value is 0.150. The largest absolute Gasteiger partial charge is 0.333 e. The third kappa shape index (κ3) is 9.89. The molecule has 0 bridgehead atoms. The fourth-order valence-corrected chi connectivity index (χ4v) is 4.06. The third-order valence-electron chi connectivity index (χ3n) is 4.70. The summed E-state index contributed by atoms with van der Waals surface area (Å²) in [5, 5.41) is 0. The van der Waals surface area contributed by atoms with Crippen molar-refractivity contribution < 1.29 is 13.6 Å². The van der Waals surface area contributed by atoms with Crippen LogP contribution in [0, 0.1) is 11.8 Å². The lowest BCUT2D eigenvalue weighted by Gasteiger charge is -2.26. The maximum Gasteiger partial charge on any atom is 0.333 e. The third-order valence-corrected chi connectivity index (χ3v) is 6.98. The maximum absolute atomic E-state index is 13.1. The van der Waals surface area contributed by atoms with Gasteiger partial charge in [-0.3, -0.25) is 4.57 Å². The van der Waals surface area contributed by atoms with Crippen molar-refractivity contribution in [3.05, 3.63) is 0 Å². The lowest BCUT2D eigenvalue weighted by molar-refractivity contribution is 0.147. The smallest absolute Gasteiger partial charge is 0.308 e. The summed E-state index contributed by atoms with van der Waals surface area (Å²) in [6, 6.07) is 0. The van der Waals surface area contributed by atoms with E-state index in [0.717, 1.165) is 25.7 Å². The van der Waals surface area contributed by atoms with Crippen molar-refractivity contribution >= 4 is 7.60 Å². The molecule has 2 atom stereocenters. The molecule has 0 aromatic heterocycles. The van der Waals surface area contributed by atoms with Gasteiger partial charge in [-0.1, -0.05) is 80.1 Å². The van der Waals surface area contributed by atoms with E-state index in [0.29, 0.717) is 25.0 Å². The van der Waals surface area contributed by atoms with Gasteiger partial charge in [-0.2, -0.15) is 0 Å².